The number of imidazole rings is 1. The summed E-state index contributed by atoms with van der Waals surface area (Å²) in [6.45, 7) is 0.693. The maximum atomic E-state index is 13.5. The van der Waals surface area contributed by atoms with E-state index in [4.69, 9.17) is 4.74 Å². The minimum atomic E-state index is -0.640. The zero-order valence-corrected chi connectivity index (χ0v) is 9.17. The highest BCUT2D eigenvalue weighted by Gasteiger charge is 2.20. The maximum Gasteiger partial charge on any atom is 0.153 e. The first-order valence-electron chi connectivity index (χ1n) is 5.70. The van der Waals surface area contributed by atoms with Crippen molar-refractivity contribution in [2.45, 2.75) is 25.4 Å². The average Bonchev–Trinajstić information content (AvgIpc) is 2.74. The highest BCUT2D eigenvalue weighted by Crippen LogP contribution is 2.28. The second-order valence-electron chi connectivity index (χ2n) is 4.26. The van der Waals surface area contributed by atoms with Crippen molar-refractivity contribution in [1.82, 2.24) is 9.97 Å². The van der Waals surface area contributed by atoms with E-state index in [0.717, 1.165) is 25.3 Å². The molecule has 90 valence electrons. The normalized spacial score (nSPS) is 20.9. The molecule has 5 heteroatoms. The lowest BCUT2D eigenvalue weighted by molar-refractivity contribution is 0.0101. The Morgan fingerprint density at radius 2 is 2.18 bits per heavy atom. The minimum Gasteiger partial charge on any atom is -0.370 e. The predicted molar refractivity (Wildman–Crippen MR) is 58.6 cm³/mol. The van der Waals surface area contributed by atoms with Gasteiger partial charge in [-0.1, -0.05) is 0 Å². The van der Waals surface area contributed by atoms with E-state index in [1.54, 1.807) is 0 Å². The van der Waals surface area contributed by atoms with Gasteiger partial charge in [0.05, 0.1) is 5.52 Å². The molecule has 2 heterocycles. The molecule has 1 unspecified atom stereocenters. The van der Waals surface area contributed by atoms with Gasteiger partial charge in [0.25, 0.3) is 0 Å². The van der Waals surface area contributed by atoms with Crippen LogP contribution in [0.5, 0.6) is 0 Å². The van der Waals surface area contributed by atoms with Crippen molar-refractivity contribution in [2.24, 2.45) is 0 Å². The van der Waals surface area contributed by atoms with Crippen LogP contribution < -0.4 is 0 Å². The van der Waals surface area contributed by atoms with Crippen molar-refractivity contribution < 1.29 is 13.5 Å². The van der Waals surface area contributed by atoms with Crippen LogP contribution in [-0.4, -0.2) is 16.6 Å². The van der Waals surface area contributed by atoms with Gasteiger partial charge in [-0.3, -0.25) is 0 Å². The van der Waals surface area contributed by atoms with Gasteiger partial charge in [0.2, 0.25) is 0 Å². The number of fused-ring (bicyclic) bond motifs is 1. The van der Waals surface area contributed by atoms with Gasteiger partial charge in [-0.25, -0.2) is 13.8 Å². The lowest BCUT2D eigenvalue weighted by Crippen LogP contribution is -2.12. The van der Waals surface area contributed by atoms with Crippen molar-refractivity contribution in [3.63, 3.8) is 0 Å². The summed E-state index contributed by atoms with van der Waals surface area (Å²) in [6, 6.07) is 2.09. The molecule has 0 spiro atoms. The zero-order valence-electron chi connectivity index (χ0n) is 9.17. The molecule has 0 saturated carbocycles. The predicted octanol–water partition coefficient (Wildman–Crippen LogP) is 3.08. The smallest absolute Gasteiger partial charge is 0.153 e. The molecule has 3 rings (SSSR count). The molecule has 0 amide bonds. The summed E-state index contributed by atoms with van der Waals surface area (Å²) in [5.74, 6) is -0.655. The third-order valence-electron chi connectivity index (χ3n) is 3.01. The van der Waals surface area contributed by atoms with E-state index in [9.17, 15) is 8.78 Å². The molecule has 1 aromatic carbocycles. The Morgan fingerprint density at radius 1 is 1.29 bits per heavy atom. The summed E-state index contributed by atoms with van der Waals surface area (Å²) < 4.78 is 32.0. The molecule has 0 bridgehead atoms. The Kier molecular flexibility index (Phi) is 2.55. The molecular formula is C12H12F2N2O. The number of ether oxygens (including phenoxy) is 1. The Hall–Kier alpha value is -1.49. The number of halogens is 2. The third kappa shape index (κ3) is 1.91. The molecule has 1 aromatic heterocycles. The summed E-state index contributed by atoms with van der Waals surface area (Å²) >= 11 is 0. The van der Waals surface area contributed by atoms with Crippen molar-refractivity contribution in [1.29, 1.82) is 0 Å². The first-order valence-corrected chi connectivity index (χ1v) is 5.70. The van der Waals surface area contributed by atoms with Crippen molar-refractivity contribution in [3.05, 3.63) is 29.6 Å². The monoisotopic (exact) mass is 238 g/mol. The van der Waals surface area contributed by atoms with Crippen LogP contribution in [0.1, 0.15) is 31.2 Å². The molecule has 1 fully saturated rings. The molecule has 1 N–H and O–H groups in total. The Labute approximate surface area is 96.8 Å². The van der Waals surface area contributed by atoms with Crippen LogP contribution in [0.4, 0.5) is 8.78 Å². The van der Waals surface area contributed by atoms with E-state index in [1.807, 2.05) is 0 Å². The second-order valence-corrected chi connectivity index (χ2v) is 4.26. The number of aromatic nitrogens is 2. The van der Waals surface area contributed by atoms with Crippen LogP contribution in [-0.2, 0) is 4.74 Å². The second kappa shape index (κ2) is 4.07. The fraction of sp³-hybridized carbons (Fsp3) is 0.417. The van der Waals surface area contributed by atoms with E-state index in [1.165, 1.54) is 6.07 Å². The molecule has 0 aliphatic carbocycles. The number of aromatic amines is 1. The van der Waals surface area contributed by atoms with Gasteiger partial charge in [-0.2, -0.15) is 0 Å². The van der Waals surface area contributed by atoms with Crippen LogP contribution in [0, 0.1) is 11.6 Å². The van der Waals surface area contributed by atoms with Crippen LogP contribution >= 0.6 is 0 Å². The number of rotatable bonds is 1. The van der Waals surface area contributed by atoms with Crippen LogP contribution in [0.2, 0.25) is 0 Å². The number of hydrogen-bond acceptors (Lipinski definition) is 2. The van der Waals surface area contributed by atoms with Gasteiger partial charge in [0.15, 0.2) is 5.82 Å². The van der Waals surface area contributed by atoms with E-state index in [-0.39, 0.29) is 11.6 Å². The van der Waals surface area contributed by atoms with E-state index < -0.39 is 11.6 Å². The van der Waals surface area contributed by atoms with Gasteiger partial charge < -0.3 is 9.72 Å². The lowest BCUT2D eigenvalue weighted by Gasteiger charge is -2.20. The highest BCUT2D eigenvalue weighted by atomic mass is 19.1. The van der Waals surface area contributed by atoms with E-state index >= 15 is 0 Å². The third-order valence-corrected chi connectivity index (χ3v) is 3.01. The van der Waals surface area contributed by atoms with Crippen molar-refractivity contribution >= 4 is 11.0 Å². The first kappa shape index (κ1) is 10.7. The van der Waals surface area contributed by atoms with Gasteiger partial charge in [-0.05, 0) is 25.3 Å². The molecule has 2 aromatic rings. The number of nitrogens with one attached hydrogen (secondary N) is 1. The molecule has 3 nitrogen and oxygen atoms in total. The highest BCUT2D eigenvalue weighted by molar-refractivity contribution is 5.75. The lowest BCUT2D eigenvalue weighted by atomic mass is 10.1. The first-order chi connectivity index (χ1) is 8.24. The summed E-state index contributed by atoms with van der Waals surface area (Å²) in [4.78, 5) is 7.09. The van der Waals surface area contributed by atoms with Gasteiger partial charge in [-0.15, -0.1) is 0 Å². The largest absolute Gasteiger partial charge is 0.370 e. The molecule has 1 saturated heterocycles. The summed E-state index contributed by atoms with van der Waals surface area (Å²) in [6.07, 6.45) is 2.85. The summed E-state index contributed by atoms with van der Waals surface area (Å²) in [5, 5.41) is 0. The molecule has 1 aliphatic heterocycles. The van der Waals surface area contributed by atoms with Crippen molar-refractivity contribution in [3.8, 4) is 0 Å². The fourth-order valence-corrected chi connectivity index (χ4v) is 2.17. The molecule has 17 heavy (non-hydrogen) atoms. The number of benzene rings is 1. The fourth-order valence-electron chi connectivity index (χ4n) is 2.17. The standard InChI is InChI=1S/C12H12F2N2O/c13-7-5-8(14)11-9(6-7)15-12(16-11)10-3-1-2-4-17-10/h5-6,10H,1-4H2,(H,15,16). The SMILES string of the molecule is Fc1cc(F)c2nc(C3CCCCO3)[nH]c2c1. The van der Waals surface area contributed by atoms with Crippen LogP contribution in [0.3, 0.4) is 0 Å². The maximum absolute atomic E-state index is 13.5. The summed E-state index contributed by atoms with van der Waals surface area (Å²) in [5.41, 5.74) is 0.558. The molecule has 1 atom stereocenters. The topological polar surface area (TPSA) is 37.9 Å². The number of hydrogen-bond donors (Lipinski definition) is 1. The van der Waals surface area contributed by atoms with Gasteiger partial charge >= 0.3 is 0 Å². The van der Waals surface area contributed by atoms with Gasteiger partial charge in [0.1, 0.15) is 23.3 Å². The van der Waals surface area contributed by atoms with Gasteiger partial charge in [0, 0.05) is 12.7 Å². The Balaban J connectivity index is 2.03. The average molecular weight is 238 g/mol. The van der Waals surface area contributed by atoms with Crippen molar-refractivity contribution in [2.75, 3.05) is 6.61 Å². The van der Waals surface area contributed by atoms with E-state index in [2.05, 4.69) is 9.97 Å². The Bertz CT molecular complexity index is 547. The molecule has 1 aliphatic rings. The Morgan fingerprint density at radius 3 is 2.94 bits per heavy atom. The molecular weight excluding hydrogens is 226 g/mol. The molecule has 0 radical (unpaired) electrons. The summed E-state index contributed by atoms with van der Waals surface area (Å²) in [7, 11) is 0. The number of H-pyrrole nitrogens is 1. The zero-order chi connectivity index (χ0) is 11.8. The van der Waals surface area contributed by atoms with E-state index in [0.29, 0.717) is 17.9 Å². The van der Waals surface area contributed by atoms with Crippen LogP contribution in [0.15, 0.2) is 12.1 Å². The number of nitrogens with zero attached hydrogens (tertiary/aromatic N) is 1. The quantitative estimate of drug-likeness (QED) is 0.829. The minimum absolute atomic E-state index is 0.126. The van der Waals surface area contributed by atoms with Crippen LogP contribution in [0.25, 0.3) is 11.0 Å².